The molecule has 0 bridgehead atoms. The van der Waals surface area contributed by atoms with Gasteiger partial charge in [-0.3, -0.25) is 0 Å². The number of rotatable bonds is 3. The minimum atomic E-state index is 0.660. The minimum Gasteiger partial charge on any atom is -0.437 e. The Balaban J connectivity index is 1.04. The number of nitrogens with zero attached hydrogens (tertiary/aromatic N) is 1. The van der Waals surface area contributed by atoms with Gasteiger partial charge in [-0.25, -0.2) is 4.98 Å². The standard InChI is InChI=1S/C47H27NOS/c1-2-14-34-32(12-1)33-13-3-4-15-35(33)42-27-29(22-23-36(34)42)28-10-7-11-30(26-28)31-17-8-18-38-40-24-25-43(48-47(40)49-45(31)38)41-20-9-19-39-37-16-5-6-21-44(37)50-46(39)41/h1-27H. The van der Waals surface area contributed by atoms with Crippen molar-refractivity contribution >= 4 is 85.9 Å². The number of benzene rings is 8. The number of furan rings is 1. The second kappa shape index (κ2) is 10.6. The lowest BCUT2D eigenvalue weighted by Crippen LogP contribution is -1.86. The van der Waals surface area contributed by atoms with E-state index in [1.165, 1.54) is 63.6 Å². The smallest absolute Gasteiger partial charge is 0.227 e. The van der Waals surface area contributed by atoms with Crippen molar-refractivity contribution in [2.24, 2.45) is 0 Å². The molecule has 0 spiro atoms. The summed E-state index contributed by atoms with van der Waals surface area (Å²) in [4.78, 5) is 5.12. The second-order valence-corrected chi connectivity index (χ2v) is 14.1. The number of pyridine rings is 1. The third-order valence-electron chi connectivity index (χ3n) is 10.3. The molecule has 0 saturated carbocycles. The van der Waals surface area contributed by atoms with Gasteiger partial charge >= 0.3 is 0 Å². The first-order valence-electron chi connectivity index (χ1n) is 17.0. The van der Waals surface area contributed by atoms with Crippen LogP contribution in [-0.2, 0) is 0 Å². The van der Waals surface area contributed by atoms with Crippen molar-refractivity contribution in [1.82, 2.24) is 4.98 Å². The number of aromatic nitrogens is 1. The van der Waals surface area contributed by atoms with Crippen LogP contribution in [0.5, 0.6) is 0 Å². The Morgan fingerprint density at radius 3 is 1.76 bits per heavy atom. The number of hydrogen-bond donors (Lipinski definition) is 0. The van der Waals surface area contributed by atoms with E-state index in [1.54, 1.807) is 0 Å². The summed E-state index contributed by atoms with van der Waals surface area (Å²) in [6.45, 7) is 0. The molecule has 3 heterocycles. The fraction of sp³-hybridized carbons (Fsp3) is 0. The van der Waals surface area contributed by atoms with Gasteiger partial charge in [0.15, 0.2) is 0 Å². The highest BCUT2D eigenvalue weighted by Gasteiger charge is 2.17. The summed E-state index contributed by atoms with van der Waals surface area (Å²) in [6.07, 6.45) is 0. The Morgan fingerprint density at radius 2 is 0.960 bits per heavy atom. The fourth-order valence-corrected chi connectivity index (χ4v) is 9.18. The molecule has 11 rings (SSSR count). The zero-order valence-corrected chi connectivity index (χ0v) is 27.7. The topological polar surface area (TPSA) is 26.0 Å². The summed E-state index contributed by atoms with van der Waals surface area (Å²) in [5, 5.41) is 12.4. The maximum absolute atomic E-state index is 6.66. The van der Waals surface area contributed by atoms with Crippen molar-refractivity contribution in [1.29, 1.82) is 0 Å². The number of hydrogen-bond acceptors (Lipinski definition) is 3. The van der Waals surface area contributed by atoms with E-state index in [4.69, 9.17) is 9.40 Å². The van der Waals surface area contributed by atoms with Crippen LogP contribution in [-0.4, -0.2) is 4.98 Å². The van der Waals surface area contributed by atoms with E-state index in [0.29, 0.717) is 5.71 Å². The van der Waals surface area contributed by atoms with Gasteiger partial charge in [0.25, 0.3) is 0 Å². The van der Waals surface area contributed by atoms with Gasteiger partial charge in [0.05, 0.1) is 5.69 Å². The lowest BCUT2D eigenvalue weighted by molar-refractivity contribution is 0.655. The summed E-state index contributed by atoms with van der Waals surface area (Å²) >= 11 is 1.82. The van der Waals surface area contributed by atoms with E-state index in [1.807, 2.05) is 11.3 Å². The Labute approximate surface area is 291 Å². The molecule has 11 aromatic rings. The van der Waals surface area contributed by atoms with E-state index in [0.717, 1.165) is 38.7 Å². The predicted octanol–water partition coefficient (Wildman–Crippen LogP) is 13.8. The number of thiophene rings is 1. The van der Waals surface area contributed by atoms with Crippen LogP contribution in [0.2, 0.25) is 0 Å². The molecule has 0 aliphatic heterocycles. The molecular formula is C47H27NOS. The Bertz CT molecular complexity index is 3130. The Morgan fingerprint density at radius 1 is 0.380 bits per heavy atom. The molecule has 2 nitrogen and oxygen atoms in total. The summed E-state index contributed by atoms with van der Waals surface area (Å²) in [7, 11) is 0. The Hall–Kier alpha value is -6.29. The molecule has 3 heteroatoms. The zero-order valence-electron chi connectivity index (χ0n) is 26.9. The molecule has 0 unspecified atom stereocenters. The average Bonchev–Trinajstić information content (AvgIpc) is 3.76. The predicted molar refractivity (Wildman–Crippen MR) is 213 cm³/mol. The van der Waals surface area contributed by atoms with Crippen molar-refractivity contribution in [3.05, 3.63) is 164 Å². The third kappa shape index (κ3) is 4.05. The van der Waals surface area contributed by atoms with E-state index in [-0.39, 0.29) is 0 Å². The largest absolute Gasteiger partial charge is 0.437 e. The van der Waals surface area contributed by atoms with Crippen LogP contribution in [0.1, 0.15) is 0 Å². The maximum atomic E-state index is 6.66. The monoisotopic (exact) mass is 653 g/mol. The van der Waals surface area contributed by atoms with E-state index in [9.17, 15) is 0 Å². The van der Waals surface area contributed by atoms with E-state index < -0.39 is 0 Å². The molecule has 0 radical (unpaired) electrons. The van der Waals surface area contributed by atoms with Crippen molar-refractivity contribution < 1.29 is 4.42 Å². The van der Waals surface area contributed by atoms with Crippen LogP contribution >= 0.6 is 11.3 Å². The van der Waals surface area contributed by atoms with Gasteiger partial charge in [-0.05, 0) is 79.3 Å². The van der Waals surface area contributed by atoms with Crippen LogP contribution in [0, 0.1) is 0 Å². The van der Waals surface area contributed by atoms with Gasteiger partial charge in [-0.15, -0.1) is 11.3 Å². The SMILES string of the molecule is c1cc(-c2ccc3c4ccccc4c4ccccc4c3c2)cc(-c2cccc3c2oc2nc(-c4cccc5c4sc4ccccc45)ccc23)c1. The molecule has 8 aromatic carbocycles. The van der Waals surface area contributed by atoms with Crippen molar-refractivity contribution in [2.45, 2.75) is 0 Å². The molecule has 232 valence electrons. The lowest BCUT2D eigenvalue weighted by atomic mass is 9.91. The van der Waals surface area contributed by atoms with Gasteiger partial charge < -0.3 is 4.42 Å². The summed E-state index contributed by atoms with van der Waals surface area (Å²) in [6, 6.07) is 59.0. The summed E-state index contributed by atoms with van der Waals surface area (Å²) in [5.41, 5.74) is 8.13. The van der Waals surface area contributed by atoms with Crippen LogP contribution < -0.4 is 0 Å². The first kappa shape index (κ1) is 27.6. The lowest BCUT2D eigenvalue weighted by Gasteiger charge is -2.12. The summed E-state index contributed by atoms with van der Waals surface area (Å²) < 4.78 is 9.20. The molecule has 50 heavy (non-hydrogen) atoms. The Kier molecular flexibility index (Phi) is 5.86. The van der Waals surface area contributed by atoms with Crippen LogP contribution in [0.15, 0.2) is 168 Å². The number of fused-ring (bicyclic) bond motifs is 12. The van der Waals surface area contributed by atoms with Crippen LogP contribution in [0.3, 0.4) is 0 Å². The molecule has 0 amide bonds. The van der Waals surface area contributed by atoms with Gasteiger partial charge in [0, 0.05) is 42.1 Å². The van der Waals surface area contributed by atoms with E-state index in [2.05, 4.69) is 164 Å². The summed E-state index contributed by atoms with van der Waals surface area (Å²) in [5.74, 6) is 0. The highest BCUT2D eigenvalue weighted by Crippen LogP contribution is 2.42. The minimum absolute atomic E-state index is 0.660. The highest BCUT2D eigenvalue weighted by molar-refractivity contribution is 7.26. The fourth-order valence-electron chi connectivity index (χ4n) is 7.96. The molecule has 0 fully saturated rings. The number of para-hydroxylation sites is 1. The third-order valence-corrected chi connectivity index (χ3v) is 11.5. The van der Waals surface area contributed by atoms with Gasteiger partial charge in [-0.2, -0.15) is 0 Å². The molecule has 0 aliphatic rings. The zero-order chi connectivity index (χ0) is 32.8. The van der Waals surface area contributed by atoms with Crippen molar-refractivity contribution in [3.63, 3.8) is 0 Å². The van der Waals surface area contributed by atoms with Crippen molar-refractivity contribution in [2.75, 3.05) is 0 Å². The first-order valence-corrected chi connectivity index (χ1v) is 17.8. The molecular weight excluding hydrogens is 627 g/mol. The molecule has 0 saturated heterocycles. The van der Waals surface area contributed by atoms with Crippen LogP contribution in [0.4, 0.5) is 0 Å². The highest BCUT2D eigenvalue weighted by atomic mass is 32.1. The maximum Gasteiger partial charge on any atom is 0.227 e. The quantitative estimate of drug-likeness (QED) is 0.177. The normalized spacial score (nSPS) is 12.0. The average molecular weight is 654 g/mol. The van der Waals surface area contributed by atoms with Gasteiger partial charge in [0.1, 0.15) is 5.58 Å². The molecule has 3 aromatic heterocycles. The van der Waals surface area contributed by atoms with Crippen LogP contribution in [0.25, 0.3) is 108 Å². The van der Waals surface area contributed by atoms with Gasteiger partial charge in [0.2, 0.25) is 5.71 Å². The van der Waals surface area contributed by atoms with Crippen molar-refractivity contribution in [3.8, 4) is 33.5 Å². The first-order chi connectivity index (χ1) is 24.8. The molecule has 0 aliphatic carbocycles. The van der Waals surface area contributed by atoms with Gasteiger partial charge in [-0.1, -0.05) is 133 Å². The second-order valence-electron chi connectivity index (χ2n) is 13.0. The van der Waals surface area contributed by atoms with E-state index >= 15 is 0 Å². The molecule has 0 N–H and O–H groups in total. The molecule has 0 atom stereocenters.